The molecule has 1 fully saturated rings. The number of methoxy groups -OCH3 is 1. The highest BCUT2D eigenvalue weighted by atomic mass is 32.2. The maximum absolute atomic E-state index is 12.7. The molecule has 150 valence electrons. The fraction of sp³-hybridized carbons (Fsp3) is 0.350. The van der Waals surface area contributed by atoms with Gasteiger partial charge in [-0.25, -0.2) is 8.42 Å². The Morgan fingerprint density at radius 2 is 1.68 bits per heavy atom. The third-order valence-corrected chi connectivity index (χ3v) is 6.23. The molecule has 0 spiro atoms. The van der Waals surface area contributed by atoms with Crippen LogP contribution < -0.4 is 14.4 Å². The lowest BCUT2D eigenvalue weighted by molar-refractivity contribution is -0.129. The number of nitrogens with zero attached hydrogens (tertiary/aromatic N) is 2. The van der Waals surface area contributed by atoms with Gasteiger partial charge in [-0.05, 0) is 31.2 Å². The second kappa shape index (κ2) is 8.10. The van der Waals surface area contributed by atoms with Crippen LogP contribution in [0.4, 0.5) is 11.4 Å². The SMILES string of the molecule is COc1cc(N2CCN(C(C)=O)CC2)ccc1NS(=O)(=O)c1ccc(C)cc1. The average Bonchev–Trinajstić information content (AvgIpc) is 2.68. The molecule has 1 N–H and O–H groups in total. The fourth-order valence-electron chi connectivity index (χ4n) is 3.16. The van der Waals surface area contributed by atoms with Crippen LogP contribution in [0.25, 0.3) is 0 Å². The number of ether oxygens (including phenoxy) is 1. The van der Waals surface area contributed by atoms with E-state index < -0.39 is 10.0 Å². The molecule has 28 heavy (non-hydrogen) atoms. The Morgan fingerprint density at radius 1 is 1.04 bits per heavy atom. The van der Waals surface area contributed by atoms with Gasteiger partial charge in [0, 0.05) is 44.9 Å². The number of carbonyl (C=O) groups excluding carboxylic acids is 1. The van der Waals surface area contributed by atoms with Crippen molar-refractivity contribution in [2.24, 2.45) is 0 Å². The topological polar surface area (TPSA) is 79.0 Å². The highest BCUT2D eigenvalue weighted by Gasteiger charge is 2.21. The van der Waals surface area contributed by atoms with Gasteiger partial charge in [-0.2, -0.15) is 0 Å². The van der Waals surface area contributed by atoms with Gasteiger partial charge < -0.3 is 14.5 Å². The molecule has 0 bridgehead atoms. The summed E-state index contributed by atoms with van der Waals surface area (Å²) in [5, 5.41) is 0. The van der Waals surface area contributed by atoms with E-state index >= 15 is 0 Å². The number of hydrogen-bond donors (Lipinski definition) is 1. The smallest absolute Gasteiger partial charge is 0.262 e. The number of amides is 1. The van der Waals surface area contributed by atoms with Crippen molar-refractivity contribution < 1.29 is 17.9 Å². The number of nitrogens with one attached hydrogen (secondary N) is 1. The number of rotatable bonds is 5. The van der Waals surface area contributed by atoms with Gasteiger partial charge in [0.15, 0.2) is 0 Å². The van der Waals surface area contributed by atoms with Gasteiger partial charge in [0.2, 0.25) is 5.91 Å². The Balaban J connectivity index is 1.78. The van der Waals surface area contributed by atoms with Crippen molar-refractivity contribution >= 4 is 27.3 Å². The first-order valence-corrected chi connectivity index (χ1v) is 10.6. The van der Waals surface area contributed by atoms with E-state index in [1.165, 1.54) is 7.11 Å². The second-order valence-electron chi connectivity index (χ2n) is 6.80. The highest BCUT2D eigenvalue weighted by molar-refractivity contribution is 7.92. The van der Waals surface area contributed by atoms with Gasteiger partial charge in [0.1, 0.15) is 5.75 Å². The molecule has 1 heterocycles. The summed E-state index contributed by atoms with van der Waals surface area (Å²) in [5.74, 6) is 0.528. The van der Waals surface area contributed by atoms with Crippen LogP contribution in [0.3, 0.4) is 0 Å². The molecule has 3 rings (SSSR count). The number of sulfonamides is 1. The molecule has 0 aliphatic carbocycles. The van der Waals surface area contributed by atoms with Crippen LogP contribution in [0.1, 0.15) is 12.5 Å². The molecule has 7 nitrogen and oxygen atoms in total. The van der Waals surface area contributed by atoms with Crippen molar-refractivity contribution in [3.8, 4) is 5.75 Å². The highest BCUT2D eigenvalue weighted by Crippen LogP contribution is 2.32. The second-order valence-corrected chi connectivity index (χ2v) is 8.48. The van der Waals surface area contributed by atoms with Gasteiger partial charge in [-0.15, -0.1) is 0 Å². The van der Waals surface area contributed by atoms with Crippen LogP contribution >= 0.6 is 0 Å². The van der Waals surface area contributed by atoms with Crippen LogP contribution in [0, 0.1) is 6.92 Å². The summed E-state index contributed by atoms with van der Waals surface area (Å²) in [7, 11) is -2.19. The summed E-state index contributed by atoms with van der Waals surface area (Å²) in [5.41, 5.74) is 2.30. The fourth-order valence-corrected chi connectivity index (χ4v) is 4.23. The molecule has 0 atom stereocenters. The quantitative estimate of drug-likeness (QED) is 0.830. The number of aryl methyl sites for hydroxylation is 1. The molecule has 1 aliphatic heterocycles. The molecule has 2 aromatic rings. The lowest BCUT2D eigenvalue weighted by Gasteiger charge is -2.35. The monoisotopic (exact) mass is 403 g/mol. The van der Waals surface area contributed by atoms with Crippen molar-refractivity contribution in [1.82, 2.24) is 4.90 Å². The molecule has 1 saturated heterocycles. The molecular formula is C20H25N3O4S. The van der Waals surface area contributed by atoms with Crippen LogP contribution in [0.5, 0.6) is 5.75 Å². The molecule has 0 radical (unpaired) electrons. The predicted octanol–water partition coefficient (Wildman–Crippen LogP) is 2.47. The number of piperazine rings is 1. The molecule has 1 amide bonds. The van der Waals surface area contributed by atoms with E-state index in [-0.39, 0.29) is 10.8 Å². The van der Waals surface area contributed by atoms with Crippen molar-refractivity contribution in [2.45, 2.75) is 18.7 Å². The van der Waals surface area contributed by atoms with Crippen molar-refractivity contribution in [3.05, 3.63) is 48.0 Å². The van der Waals surface area contributed by atoms with Crippen LogP contribution in [0.2, 0.25) is 0 Å². The Bertz CT molecular complexity index is 950. The predicted molar refractivity (Wildman–Crippen MR) is 109 cm³/mol. The molecule has 1 aliphatic rings. The summed E-state index contributed by atoms with van der Waals surface area (Å²) >= 11 is 0. The van der Waals surface area contributed by atoms with E-state index in [9.17, 15) is 13.2 Å². The maximum Gasteiger partial charge on any atom is 0.262 e. The Labute approximate surface area is 166 Å². The minimum Gasteiger partial charge on any atom is -0.494 e. The number of carbonyl (C=O) groups is 1. The van der Waals surface area contributed by atoms with E-state index in [2.05, 4.69) is 9.62 Å². The van der Waals surface area contributed by atoms with E-state index in [0.29, 0.717) is 24.5 Å². The average molecular weight is 404 g/mol. The van der Waals surface area contributed by atoms with Crippen molar-refractivity contribution in [3.63, 3.8) is 0 Å². The summed E-state index contributed by atoms with van der Waals surface area (Å²) in [6.45, 7) is 6.25. The summed E-state index contributed by atoms with van der Waals surface area (Å²) in [4.78, 5) is 15.6. The van der Waals surface area contributed by atoms with Gasteiger partial charge in [0.05, 0.1) is 17.7 Å². The van der Waals surface area contributed by atoms with E-state index in [4.69, 9.17) is 4.74 Å². The zero-order valence-electron chi connectivity index (χ0n) is 16.3. The number of hydrogen-bond acceptors (Lipinski definition) is 5. The summed E-state index contributed by atoms with van der Waals surface area (Å²) in [6, 6.07) is 12.1. The molecule has 0 saturated carbocycles. The number of benzene rings is 2. The first-order valence-electron chi connectivity index (χ1n) is 9.08. The van der Waals surface area contributed by atoms with Gasteiger partial charge >= 0.3 is 0 Å². The third kappa shape index (κ3) is 4.39. The van der Waals surface area contributed by atoms with E-state index in [1.807, 2.05) is 24.0 Å². The Kier molecular flexibility index (Phi) is 5.79. The summed E-state index contributed by atoms with van der Waals surface area (Å²) in [6.07, 6.45) is 0. The van der Waals surface area contributed by atoms with E-state index in [0.717, 1.165) is 24.3 Å². The maximum atomic E-state index is 12.7. The molecule has 2 aromatic carbocycles. The first kappa shape index (κ1) is 20.0. The Morgan fingerprint density at radius 3 is 2.25 bits per heavy atom. The molecule has 0 unspecified atom stereocenters. The Hall–Kier alpha value is -2.74. The summed E-state index contributed by atoms with van der Waals surface area (Å²) < 4.78 is 33.3. The zero-order chi connectivity index (χ0) is 20.3. The lowest BCUT2D eigenvalue weighted by Crippen LogP contribution is -2.48. The minimum absolute atomic E-state index is 0.0816. The molecule has 0 aromatic heterocycles. The van der Waals surface area contributed by atoms with Crippen LogP contribution in [-0.2, 0) is 14.8 Å². The van der Waals surface area contributed by atoms with Crippen molar-refractivity contribution in [1.29, 1.82) is 0 Å². The van der Waals surface area contributed by atoms with Crippen LogP contribution in [0.15, 0.2) is 47.4 Å². The molecular weight excluding hydrogens is 378 g/mol. The molecule has 8 heteroatoms. The number of anilines is 2. The van der Waals surface area contributed by atoms with Gasteiger partial charge in [0.25, 0.3) is 10.0 Å². The normalized spacial score (nSPS) is 14.7. The lowest BCUT2D eigenvalue weighted by atomic mass is 10.2. The zero-order valence-corrected chi connectivity index (χ0v) is 17.1. The van der Waals surface area contributed by atoms with Gasteiger partial charge in [-0.3, -0.25) is 9.52 Å². The minimum atomic E-state index is -3.70. The van der Waals surface area contributed by atoms with Crippen LogP contribution in [-0.4, -0.2) is 52.5 Å². The van der Waals surface area contributed by atoms with Crippen molar-refractivity contribution in [2.75, 3.05) is 42.9 Å². The van der Waals surface area contributed by atoms with E-state index in [1.54, 1.807) is 37.3 Å². The third-order valence-electron chi connectivity index (χ3n) is 4.85. The standard InChI is InChI=1S/C20H25N3O4S/c1-15-4-7-18(8-5-15)28(25,26)21-19-9-6-17(14-20(19)27-3)23-12-10-22(11-13-23)16(2)24/h4-9,14,21H,10-13H2,1-3H3. The largest absolute Gasteiger partial charge is 0.494 e. The van der Waals surface area contributed by atoms with Gasteiger partial charge in [-0.1, -0.05) is 17.7 Å². The first-order chi connectivity index (χ1) is 13.3.